The van der Waals surface area contributed by atoms with Gasteiger partial charge < -0.3 is 4.90 Å². The van der Waals surface area contributed by atoms with E-state index < -0.39 is 0 Å². The Kier molecular flexibility index (Phi) is 3.32. The molecule has 1 saturated heterocycles. The number of carbonyl (C=O) groups is 1. The van der Waals surface area contributed by atoms with Gasteiger partial charge in [-0.25, -0.2) is 0 Å². The van der Waals surface area contributed by atoms with Gasteiger partial charge in [-0.3, -0.25) is 9.69 Å². The number of para-hydroxylation sites is 1. The molecule has 1 aliphatic carbocycles. The number of hydrogen-bond acceptors (Lipinski definition) is 3. The van der Waals surface area contributed by atoms with Gasteiger partial charge in [0.05, 0.1) is 5.41 Å². The monoisotopic (exact) mass is 338 g/mol. The summed E-state index contributed by atoms with van der Waals surface area (Å²) in [5.74, 6) is 1.07. The zero-order valence-corrected chi connectivity index (χ0v) is 14.6. The highest BCUT2D eigenvalue weighted by atomic mass is 32.1. The lowest BCUT2D eigenvalue weighted by Gasteiger charge is -2.24. The highest BCUT2D eigenvalue weighted by Crippen LogP contribution is 2.48. The summed E-state index contributed by atoms with van der Waals surface area (Å²) in [6.07, 6.45) is 3.52. The van der Waals surface area contributed by atoms with Gasteiger partial charge in [0.15, 0.2) is 0 Å². The highest BCUT2D eigenvalue weighted by Gasteiger charge is 2.54. The second-order valence-corrected chi connectivity index (χ2v) is 8.53. The van der Waals surface area contributed by atoms with Gasteiger partial charge in [0.25, 0.3) is 0 Å². The molecule has 1 amide bonds. The Morgan fingerprint density at radius 1 is 1.17 bits per heavy atom. The van der Waals surface area contributed by atoms with Crippen molar-refractivity contribution in [3.05, 3.63) is 52.2 Å². The third-order valence-electron chi connectivity index (χ3n) is 5.81. The number of benzene rings is 1. The number of anilines is 1. The molecule has 1 aromatic carbocycles. The van der Waals surface area contributed by atoms with Crippen LogP contribution in [0, 0.1) is 5.92 Å². The first kappa shape index (κ1) is 14.7. The molecular formula is C20H22N2OS. The van der Waals surface area contributed by atoms with Crippen molar-refractivity contribution in [2.45, 2.75) is 31.2 Å². The second kappa shape index (κ2) is 5.43. The fourth-order valence-electron chi connectivity index (χ4n) is 4.38. The van der Waals surface area contributed by atoms with Crippen LogP contribution in [-0.2, 0) is 16.8 Å². The topological polar surface area (TPSA) is 23.6 Å². The van der Waals surface area contributed by atoms with Crippen molar-refractivity contribution >= 4 is 22.9 Å². The lowest BCUT2D eigenvalue weighted by Crippen LogP contribution is -2.43. The number of hydrogen-bond donors (Lipinski definition) is 0. The van der Waals surface area contributed by atoms with E-state index in [1.807, 2.05) is 11.3 Å². The molecule has 2 aliphatic heterocycles. The van der Waals surface area contributed by atoms with Crippen molar-refractivity contribution in [2.24, 2.45) is 5.92 Å². The molecule has 3 nitrogen and oxygen atoms in total. The Balaban J connectivity index is 1.45. The lowest BCUT2D eigenvalue weighted by molar-refractivity contribution is -0.122. The molecule has 24 heavy (non-hydrogen) atoms. The Morgan fingerprint density at radius 2 is 2.04 bits per heavy atom. The fraction of sp³-hybridized carbons (Fsp3) is 0.450. The Morgan fingerprint density at radius 3 is 2.83 bits per heavy atom. The van der Waals surface area contributed by atoms with Crippen molar-refractivity contribution in [1.29, 1.82) is 0 Å². The van der Waals surface area contributed by atoms with E-state index in [2.05, 4.69) is 51.6 Å². The molecule has 4 heteroatoms. The van der Waals surface area contributed by atoms with Crippen molar-refractivity contribution in [3.63, 3.8) is 0 Å². The summed E-state index contributed by atoms with van der Waals surface area (Å²) in [4.78, 5) is 19.3. The van der Waals surface area contributed by atoms with E-state index in [9.17, 15) is 4.79 Å². The van der Waals surface area contributed by atoms with Crippen LogP contribution in [0.25, 0.3) is 0 Å². The molecule has 1 spiro atoms. The minimum absolute atomic E-state index is 0.303. The fourth-order valence-corrected chi connectivity index (χ4v) is 5.12. The van der Waals surface area contributed by atoms with Crippen molar-refractivity contribution < 1.29 is 4.79 Å². The second-order valence-electron chi connectivity index (χ2n) is 7.50. The summed E-state index contributed by atoms with van der Waals surface area (Å²) >= 11 is 1.81. The van der Waals surface area contributed by atoms with E-state index in [1.165, 1.54) is 29.0 Å². The summed E-state index contributed by atoms with van der Waals surface area (Å²) in [7, 11) is 0. The van der Waals surface area contributed by atoms with Gasteiger partial charge in [0.2, 0.25) is 5.91 Å². The quantitative estimate of drug-likeness (QED) is 0.849. The van der Waals surface area contributed by atoms with E-state index in [0.29, 0.717) is 5.91 Å². The van der Waals surface area contributed by atoms with Crippen molar-refractivity contribution in [3.8, 4) is 0 Å². The molecular weight excluding hydrogens is 316 g/mol. The van der Waals surface area contributed by atoms with Crippen LogP contribution < -0.4 is 4.90 Å². The van der Waals surface area contributed by atoms with Gasteiger partial charge in [-0.1, -0.05) is 24.3 Å². The number of rotatable bonds is 4. The molecule has 1 unspecified atom stereocenters. The molecule has 124 valence electrons. The third-order valence-corrected chi connectivity index (χ3v) is 6.67. The summed E-state index contributed by atoms with van der Waals surface area (Å²) in [5, 5.41) is 2.13. The highest BCUT2D eigenvalue weighted by molar-refractivity contribution is 7.09. The summed E-state index contributed by atoms with van der Waals surface area (Å²) in [6.45, 7) is 3.76. The number of fused-ring (bicyclic) bond motifs is 2. The summed E-state index contributed by atoms with van der Waals surface area (Å²) < 4.78 is 0. The van der Waals surface area contributed by atoms with Crippen LogP contribution >= 0.6 is 11.3 Å². The van der Waals surface area contributed by atoms with Crippen LogP contribution in [0.3, 0.4) is 0 Å². The largest absolute Gasteiger partial charge is 0.311 e. The van der Waals surface area contributed by atoms with Crippen molar-refractivity contribution in [2.75, 3.05) is 24.5 Å². The van der Waals surface area contributed by atoms with E-state index in [0.717, 1.165) is 38.5 Å². The molecule has 2 fully saturated rings. The molecule has 5 rings (SSSR count). The standard InChI is InChI=1S/C20H22N2OS/c23-19-20(9-10-21(14-20)13-16-4-3-11-24-16)17-5-1-2-6-18(17)22(19)12-15-7-8-15/h1-6,11,15H,7-10,12-14H2. The first-order chi connectivity index (χ1) is 11.8. The minimum atomic E-state index is -0.303. The number of nitrogens with zero attached hydrogens (tertiary/aromatic N) is 2. The van der Waals surface area contributed by atoms with Crippen LogP contribution in [0.15, 0.2) is 41.8 Å². The van der Waals surface area contributed by atoms with Crippen LogP contribution in [0.2, 0.25) is 0 Å². The molecule has 3 heterocycles. The molecule has 0 radical (unpaired) electrons. The molecule has 1 atom stereocenters. The number of amides is 1. The number of likely N-dealkylation sites (tertiary alicyclic amines) is 1. The molecule has 3 aliphatic rings. The summed E-state index contributed by atoms with van der Waals surface area (Å²) in [5.41, 5.74) is 2.14. The van der Waals surface area contributed by atoms with E-state index in [4.69, 9.17) is 0 Å². The van der Waals surface area contributed by atoms with E-state index in [-0.39, 0.29) is 5.41 Å². The first-order valence-corrected chi connectivity index (χ1v) is 9.80. The predicted octanol–water partition coefficient (Wildman–Crippen LogP) is 3.65. The average molecular weight is 338 g/mol. The molecule has 1 aromatic heterocycles. The molecule has 0 bridgehead atoms. The van der Waals surface area contributed by atoms with Gasteiger partial charge >= 0.3 is 0 Å². The van der Waals surface area contributed by atoms with Crippen molar-refractivity contribution in [1.82, 2.24) is 4.90 Å². The Hall–Kier alpha value is -1.65. The van der Waals surface area contributed by atoms with Crippen LogP contribution in [0.4, 0.5) is 5.69 Å². The maximum Gasteiger partial charge on any atom is 0.239 e. The SMILES string of the molecule is O=C1N(CC2CC2)c2ccccc2C12CCN(Cc1cccs1)C2. The van der Waals surface area contributed by atoms with Crippen LogP contribution in [-0.4, -0.2) is 30.4 Å². The normalized spacial score (nSPS) is 26.5. The summed E-state index contributed by atoms with van der Waals surface area (Å²) in [6, 6.07) is 12.8. The number of carbonyl (C=O) groups excluding carboxylic acids is 1. The molecule has 0 N–H and O–H groups in total. The molecule has 2 aromatic rings. The van der Waals surface area contributed by atoms with E-state index in [1.54, 1.807) is 0 Å². The Labute approximate surface area is 146 Å². The lowest BCUT2D eigenvalue weighted by atomic mass is 9.81. The average Bonchev–Trinajstić information content (AvgIpc) is 3.03. The zero-order chi connectivity index (χ0) is 16.1. The van der Waals surface area contributed by atoms with Gasteiger partial charge in [0.1, 0.15) is 0 Å². The third kappa shape index (κ3) is 2.24. The van der Waals surface area contributed by atoms with Gasteiger partial charge in [-0.05, 0) is 54.8 Å². The minimum Gasteiger partial charge on any atom is -0.311 e. The van der Waals surface area contributed by atoms with Gasteiger partial charge in [-0.2, -0.15) is 0 Å². The van der Waals surface area contributed by atoms with Gasteiger partial charge in [-0.15, -0.1) is 11.3 Å². The number of thiophene rings is 1. The first-order valence-electron chi connectivity index (χ1n) is 8.92. The van der Waals surface area contributed by atoms with E-state index >= 15 is 0 Å². The zero-order valence-electron chi connectivity index (χ0n) is 13.8. The maximum atomic E-state index is 13.4. The van der Waals surface area contributed by atoms with Crippen LogP contribution in [0.5, 0.6) is 0 Å². The maximum absolute atomic E-state index is 13.4. The van der Waals surface area contributed by atoms with Gasteiger partial charge in [0, 0.05) is 30.2 Å². The Bertz CT molecular complexity index is 768. The smallest absolute Gasteiger partial charge is 0.239 e. The predicted molar refractivity (Wildman–Crippen MR) is 97.4 cm³/mol. The van der Waals surface area contributed by atoms with Crippen LogP contribution in [0.1, 0.15) is 29.7 Å². The molecule has 1 saturated carbocycles.